The average Bonchev–Trinajstić information content (AvgIpc) is 3.18. The first-order valence-corrected chi connectivity index (χ1v) is 8.62. The maximum Gasteiger partial charge on any atom is 0.228 e. The highest BCUT2D eigenvalue weighted by Crippen LogP contribution is 2.22. The molecule has 3 aromatic rings. The van der Waals surface area contributed by atoms with Crippen LogP contribution in [0.1, 0.15) is 43.4 Å². The van der Waals surface area contributed by atoms with Crippen molar-refractivity contribution < 1.29 is 4.79 Å². The Balaban J connectivity index is 1.68. The molecule has 3 rings (SSSR count). The summed E-state index contributed by atoms with van der Waals surface area (Å²) in [6.07, 6.45) is 6.21. The van der Waals surface area contributed by atoms with E-state index < -0.39 is 0 Å². The molecular weight excluding hydrogens is 310 g/mol. The van der Waals surface area contributed by atoms with E-state index in [4.69, 9.17) is 0 Å². The summed E-state index contributed by atoms with van der Waals surface area (Å²) in [4.78, 5) is 16.7. The third-order valence-electron chi connectivity index (χ3n) is 4.48. The number of amides is 1. The van der Waals surface area contributed by atoms with Crippen molar-refractivity contribution in [1.82, 2.24) is 14.9 Å². The fraction of sp³-hybridized carbons (Fsp3) is 0.238. The lowest BCUT2D eigenvalue weighted by atomic mass is 9.95. The molecule has 1 amide bonds. The Morgan fingerprint density at radius 3 is 2.40 bits per heavy atom. The third-order valence-corrected chi connectivity index (χ3v) is 4.48. The molecule has 1 N–H and O–H groups in total. The lowest BCUT2D eigenvalue weighted by Crippen LogP contribution is -2.31. The SMILES string of the molecule is CC[C@@H](C(=O)N[C@H](C)c1ccc(-n2ccnc2)cc1)c1ccccc1. The van der Waals surface area contributed by atoms with Gasteiger partial charge in [0.2, 0.25) is 5.91 Å². The number of imidazole rings is 1. The van der Waals surface area contributed by atoms with E-state index in [9.17, 15) is 4.79 Å². The minimum Gasteiger partial charge on any atom is -0.349 e. The fourth-order valence-electron chi connectivity index (χ4n) is 3.00. The lowest BCUT2D eigenvalue weighted by Gasteiger charge is -2.20. The molecule has 0 saturated heterocycles. The molecule has 0 aliphatic heterocycles. The molecular formula is C21H23N3O. The molecule has 0 aliphatic carbocycles. The molecule has 0 spiro atoms. The van der Waals surface area contributed by atoms with Crippen LogP contribution < -0.4 is 5.32 Å². The van der Waals surface area contributed by atoms with Gasteiger partial charge in [-0.25, -0.2) is 4.98 Å². The summed E-state index contributed by atoms with van der Waals surface area (Å²) >= 11 is 0. The fourth-order valence-corrected chi connectivity index (χ4v) is 3.00. The number of rotatable bonds is 6. The van der Waals surface area contributed by atoms with Gasteiger partial charge >= 0.3 is 0 Å². The first kappa shape index (κ1) is 17.0. The number of aromatic nitrogens is 2. The van der Waals surface area contributed by atoms with E-state index in [-0.39, 0.29) is 17.9 Å². The van der Waals surface area contributed by atoms with Crippen LogP contribution in [0.15, 0.2) is 73.3 Å². The smallest absolute Gasteiger partial charge is 0.228 e. The first-order chi connectivity index (χ1) is 12.2. The van der Waals surface area contributed by atoms with Crippen LogP contribution in [-0.2, 0) is 4.79 Å². The Hall–Kier alpha value is -2.88. The van der Waals surface area contributed by atoms with Gasteiger partial charge in [-0.3, -0.25) is 4.79 Å². The highest BCUT2D eigenvalue weighted by molar-refractivity contribution is 5.83. The van der Waals surface area contributed by atoms with Crippen LogP contribution in [0.25, 0.3) is 5.69 Å². The van der Waals surface area contributed by atoms with Gasteiger partial charge in [-0.05, 0) is 36.6 Å². The molecule has 128 valence electrons. The minimum atomic E-state index is -0.117. The van der Waals surface area contributed by atoms with Crippen LogP contribution >= 0.6 is 0 Å². The zero-order chi connectivity index (χ0) is 17.6. The molecule has 1 aromatic heterocycles. The zero-order valence-electron chi connectivity index (χ0n) is 14.6. The van der Waals surface area contributed by atoms with Gasteiger partial charge in [-0.1, -0.05) is 49.4 Å². The lowest BCUT2D eigenvalue weighted by molar-refractivity contribution is -0.123. The van der Waals surface area contributed by atoms with Crippen molar-refractivity contribution in [1.29, 1.82) is 0 Å². The average molecular weight is 333 g/mol. The van der Waals surface area contributed by atoms with Gasteiger partial charge < -0.3 is 9.88 Å². The van der Waals surface area contributed by atoms with Crippen LogP contribution in [0, 0.1) is 0 Å². The van der Waals surface area contributed by atoms with Crippen molar-refractivity contribution in [2.75, 3.05) is 0 Å². The molecule has 0 aliphatic rings. The first-order valence-electron chi connectivity index (χ1n) is 8.62. The summed E-state index contributed by atoms with van der Waals surface area (Å²) in [7, 11) is 0. The van der Waals surface area contributed by atoms with E-state index in [0.717, 1.165) is 23.2 Å². The van der Waals surface area contributed by atoms with Crippen LogP contribution in [0.3, 0.4) is 0 Å². The van der Waals surface area contributed by atoms with Crippen LogP contribution in [-0.4, -0.2) is 15.5 Å². The Labute approximate surface area is 148 Å². The molecule has 4 nitrogen and oxygen atoms in total. The molecule has 0 bridgehead atoms. The summed E-state index contributed by atoms with van der Waals surface area (Å²) in [6.45, 7) is 4.06. The molecule has 2 atom stereocenters. The molecule has 0 saturated carbocycles. The molecule has 1 heterocycles. The van der Waals surface area contributed by atoms with Crippen molar-refractivity contribution >= 4 is 5.91 Å². The van der Waals surface area contributed by atoms with Crippen LogP contribution in [0.4, 0.5) is 0 Å². The van der Waals surface area contributed by atoms with E-state index in [0.29, 0.717) is 0 Å². The Kier molecular flexibility index (Phi) is 5.29. The van der Waals surface area contributed by atoms with Crippen LogP contribution in [0.2, 0.25) is 0 Å². The number of nitrogens with zero attached hydrogens (tertiary/aromatic N) is 2. The minimum absolute atomic E-state index is 0.0397. The van der Waals surface area contributed by atoms with E-state index in [2.05, 4.69) is 10.3 Å². The van der Waals surface area contributed by atoms with Crippen molar-refractivity contribution in [3.8, 4) is 5.69 Å². The Morgan fingerprint density at radius 2 is 1.80 bits per heavy atom. The summed E-state index contributed by atoms with van der Waals surface area (Å²) in [5, 5.41) is 3.14. The predicted octanol–water partition coefficient (Wildman–Crippen LogP) is 4.24. The highest BCUT2D eigenvalue weighted by atomic mass is 16.1. The summed E-state index contributed by atoms with van der Waals surface area (Å²) in [6, 6.07) is 18.1. The standard InChI is InChI=1S/C21H23N3O/c1-3-20(18-7-5-4-6-8-18)21(25)23-16(2)17-9-11-19(12-10-17)24-14-13-22-15-24/h4-16,20H,3H2,1-2H3,(H,23,25)/t16-,20-/m1/s1. The van der Waals surface area contributed by atoms with Gasteiger partial charge in [0.15, 0.2) is 0 Å². The number of hydrogen-bond donors (Lipinski definition) is 1. The molecule has 25 heavy (non-hydrogen) atoms. The van der Waals surface area contributed by atoms with Gasteiger partial charge in [-0.2, -0.15) is 0 Å². The third kappa shape index (κ3) is 3.97. The van der Waals surface area contributed by atoms with Gasteiger partial charge in [0.05, 0.1) is 18.3 Å². The normalized spacial score (nSPS) is 13.2. The quantitative estimate of drug-likeness (QED) is 0.733. The predicted molar refractivity (Wildman–Crippen MR) is 99.6 cm³/mol. The highest BCUT2D eigenvalue weighted by Gasteiger charge is 2.20. The molecule has 0 unspecified atom stereocenters. The van der Waals surface area contributed by atoms with Gasteiger partial charge in [0, 0.05) is 18.1 Å². The largest absolute Gasteiger partial charge is 0.349 e. The second kappa shape index (κ2) is 7.79. The topological polar surface area (TPSA) is 46.9 Å². The summed E-state index contributed by atoms with van der Waals surface area (Å²) in [5.74, 6) is -0.0474. The summed E-state index contributed by atoms with van der Waals surface area (Å²) < 4.78 is 1.95. The van der Waals surface area contributed by atoms with E-state index in [1.807, 2.05) is 79.2 Å². The monoisotopic (exact) mass is 333 g/mol. The van der Waals surface area contributed by atoms with Crippen molar-refractivity contribution in [3.63, 3.8) is 0 Å². The van der Waals surface area contributed by atoms with Gasteiger partial charge in [0.1, 0.15) is 0 Å². The zero-order valence-corrected chi connectivity index (χ0v) is 14.6. The summed E-state index contributed by atoms with van der Waals surface area (Å²) in [5.41, 5.74) is 3.20. The Morgan fingerprint density at radius 1 is 1.08 bits per heavy atom. The van der Waals surface area contributed by atoms with Crippen molar-refractivity contribution in [3.05, 3.63) is 84.4 Å². The van der Waals surface area contributed by atoms with Gasteiger partial charge in [-0.15, -0.1) is 0 Å². The molecule has 2 aromatic carbocycles. The number of carbonyl (C=O) groups is 1. The molecule has 0 fully saturated rings. The van der Waals surface area contributed by atoms with Crippen molar-refractivity contribution in [2.45, 2.75) is 32.2 Å². The molecule has 0 radical (unpaired) electrons. The number of nitrogens with one attached hydrogen (secondary N) is 1. The maximum atomic E-state index is 12.7. The van der Waals surface area contributed by atoms with Crippen molar-refractivity contribution in [2.24, 2.45) is 0 Å². The Bertz CT molecular complexity index is 795. The van der Waals surface area contributed by atoms with E-state index in [1.165, 1.54) is 0 Å². The number of benzene rings is 2. The maximum absolute atomic E-state index is 12.7. The van der Waals surface area contributed by atoms with Crippen LogP contribution in [0.5, 0.6) is 0 Å². The van der Waals surface area contributed by atoms with Gasteiger partial charge in [0.25, 0.3) is 0 Å². The second-order valence-electron chi connectivity index (χ2n) is 6.16. The molecule has 4 heteroatoms. The second-order valence-corrected chi connectivity index (χ2v) is 6.16. The number of hydrogen-bond acceptors (Lipinski definition) is 2. The van der Waals surface area contributed by atoms with E-state index >= 15 is 0 Å². The van der Waals surface area contributed by atoms with E-state index in [1.54, 1.807) is 12.5 Å². The number of carbonyl (C=O) groups excluding carboxylic acids is 1.